The van der Waals surface area contributed by atoms with Gasteiger partial charge in [0, 0.05) is 36.9 Å². The Morgan fingerprint density at radius 1 is 1.19 bits per heavy atom. The van der Waals surface area contributed by atoms with Crippen LogP contribution in [-0.2, 0) is 9.59 Å². The second-order valence-corrected chi connectivity index (χ2v) is 7.73. The Morgan fingerprint density at radius 3 is 2.58 bits per heavy atom. The van der Waals surface area contributed by atoms with Gasteiger partial charge in [-0.15, -0.1) is 0 Å². The van der Waals surface area contributed by atoms with E-state index in [0.717, 1.165) is 50.1 Å². The highest BCUT2D eigenvalue weighted by atomic mass is 16.2. The van der Waals surface area contributed by atoms with Crippen molar-refractivity contribution in [1.82, 2.24) is 5.32 Å². The molecule has 1 aliphatic heterocycles. The van der Waals surface area contributed by atoms with E-state index in [1.807, 2.05) is 25.1 Å². The van der Waals surface area contributed by atoms with E-state index in [9.17, 15) is 9.59 Å². The van der Waals surface area contributed by atoms with Crippen molar-refractivity contribution >= 4 is 23.2 Å². The van der Waals surface area contributed by atoms with Gasteiger partial charge in [-0.1, -0.05) is 18.9 Å². The highest BCUT2D eigenvalue weighted by Crippen LogP contribution is 2.27. The van der Waals surface area contributed by atoms with Crippen LogP contribution in [0.4, 0.5) is 11.4 Å². The number of amides is 2. The summed E-state index contributed by atoms with van der Waals surface area (Å²) in [6, 6.07) is 7.71. The molecule has 2 fully saturated rings. The molecule has 0 spiro atoms. The highest BCUT2D eigenvalue weighted by Gasteiger charge is 2.37. The minimum Gasteiger partial charge on any atom is -0.371 e. The second-order valence-electron chi connectivity index (χ2n) is 7.73. The van der Waals surface area contributed by atoms with Crippen molar-refractivity contribution in [3.8, 4) is 0 Å². The molecule has 1 unspecified atom stereocenters. The zero-order valence-electron chi connectivity index (χ0n) is 15.6. The van der Waals surface area contributed by atoms with Crippen molar-refractivity contribution in [3.05, 3.63) is 24.3 Å². The molecule has 2 aliphatic rings. The number of nitrogens with zero attached hydrogens (tertiary/aromatic N) is 1. The van der Waals surface area contributed by atoms with Gasteiger partial charge in [0.25, 0.3) is 0 Å². The van der Waals surface area contributed by atoms with Crippen LogP contribution in [0.1, 0.15) is 51.9 Å². The van der Waals surface area contributed by atoms with Crippen LogP contribution in [0, 0.1) is 0 Å². The molecule has 1 aromatic carbocycles. The molecule has 3 rings (SSSR count). The van der Waals surface area contributed by atoms with E-state index in [1.54, 1.807) is 0 Å². The molecule has 1 saturated heterocycles. The maximum absolute atomic E-state index is 12.3. The largest absolute Gasteiger partial charge is 0.371 e. The normalized spacial score (nSPS) is 20.0. The third-order valence-electron chi connectivity index (χ3n) is 5.42. The summed E-state index contributed by atoms with van der Waals surface area (Å²) in [5, 5.41) is 5.84. The molecule has 4 N–H and O–H groups in total. The van der Waals surface area contributed by atoms with Gasteiger partial charge in [0.2, 0.25) is 11.8 Å². The number of nitrogens with two attached hydrogens (primary N) is 1. The van der Waals surface area contributed by atoms with E-state index in [0.29, 0.717) is 0 Å². The molecule has 1 heterocycles. The van der Waals surface area contributed by atoms with Gasteiger partial charge in [-0.2, -0.15) is 0 Å². The Hall–Kier alpha value is -2.08. The van der Waals surface area contributed by atoms with Crippen LogP contribution in [0.3, 0.4) is 0 Å². The lowest BCUT2D eigenvalue weighted by molar-refractivity contribution is -0.127. The first-order valence-electron chi connectivity index (χ1n) is 9.71. The van der Waals surface area contributed by atoms with Crippen LogP contribution < -0.4 is 21.3 Å². The van der Waals surface area contributed by atoms with Crippen molar-refractivity contribution in [3.63, 3.8) is 0 Å². The van der Waals surface area contributed by atoms with Crippen molar-refractivity contribution < 1.29 is 9.59 Å². The van der Waals surface area contributed by atoms with Gasteiger partial charge in [0.1, 0.15) is 0 Å². The number of hydrogen-bond acceptors (Lipinski definition) is 4. The van der Waals surface area contributed by atoms with Gasteiger partial charge in [0.05, 0.1) is 5.54 Å². The van der Waals surface area contributed by atoms with Crippen molar-refractivity contribution in [2.75, 3.05) is 23.3 Å². The third kappa shape index (κ3) is 4.55. The Labute approximate surface area is 155 Å². The van der Waals surface area contributed by atoms with Crippen molar-refractivity contribution in [2.45, 2.75) is 63.5 Å². The second kappa shape index (κ2) is 8.08. The summed E-state index contributed by atoms with van der Waals surface area (Å²) in [4.78, 5) is 27.0. The van der Waals surface area contributed by atoms with Crippen LogP contribution in [0.15, 0.2) is 24.3 Å². The zero-order valence-corrected chi connectivity index (χ0v) is 15.6. The summed E-state index contributed by atoms with van der Waals surface area (Å²) in [5.74, 6) is -0.236. The summed E-state index contributed by atoms with van der Waals surface area (Å²) >= 11 is 0. The average Bonchev–Trinajstić information content (AvgIpc) is 3.27. The van der Waals surface area contributed by atoms with E-state index in [-0.39, 0.29) is 24.3 Å². The van der Waals surface area contributed by atoms with Gasteiger partial charge >= 0.3 is 0 Å². The van der Waals surface area contributed by atoms with E-state index in [1.165, 1.54) is 12.8 Å². The lowest BCUT2D eigenvalue weighted by atomic mass is 9.97. The molecule has 1 aromatic rings. The number of benzene rings is 1. The Kier molecular flexibility index (Phi) is 5.81. The van der Waals surface area contributed by atoms with E-state index in [2.05, 4.69) is 21.6 Å². The van der Waals surface area contributed by atoms with Crippen LogP contribution in [0.5, 0.6) is 0 Å². The molecule has 0 aromatic heterocycles. The number of anilines is 2. The summed E-state index contributed by atoms with van der Waals surface area (Å²) in [6.07, 6.45) is 6.10. The van der Waals surface area contributed by atoms with Gasteiger partial charge in [0.15, 0.2) is 0 Å². The van der Waals surface area contributed by atoms with E-state index < -0.39 is 5.54 Å². The summed E-state index contributed by atoms with van der Waals surface area (Å²) < 4.78 is 0. The molecule has 2 amide bonds. The molecule has 142 valence electrons. The first-order chi connectivity index (χ1) is 12.5. The summed E-state index contributed by atoms with van der Waals surface area (Å²) in [5.41, 5.74) is 7.35. The van der Waals surface area contributed by atoms with Crippen LogP contribution >= 0.6 is 0 Å². The van der Waals surface area contributed by atoms with Crippen LogP contribution in [-0.4, -0.2) is 36.5 Å². The third-order valence-corrected chi connectivity index (χ3v) is 5.42. The Bertz CT molecular complexity index is 649. The minimum atomic E-state index is -0.755. The fourth-order valence-corrected chi connectivity index (χ4v) is 3.90. The van der Waals surface area contributed by atoms with Crippen molar-refractivity contribution in [1.29, 1.82) is 0 Å². The molecule has 1 saturated carbocycles. The zero-order chi connectivity index (χ0) is 18.6. The lowest BCUT2D eigenvalue weighted by Crippen LogP contribution is -2.54. The van der Waals surface area contributed by atoms with Gasteiger partial charge in [-0.25, -0.2) is 0 Å². The summed E-state index contributed by atoms with van der Waals surface area (Å²) in [7, 11) is 0. The highest BCUT2D eigenvalue weighted by molar-refractivity contribution is 5.92. The molecule has 6 heteroatoms. The number of nitrogens with one attached hydrogen (secondary N) is 2. The van der Waals surface area contributed by atoms with Gasteiger partial charge < -0.3 is 21.3 Å². The van der Waals surface area contributed by atoms with Crippen LogP contribution in [0.25, 0.3) is 0 Å². The minimum absolute atomic E-state index is 0.103. The number of carbonyl (C=O) groups is 2. The standard InChI is InChI=1S/C20H30N4O2/c1-15(22-19(26)20(21)9-2-3-10-20)13-18(25)23-16-7-6-8-17(14-16)24-11-4-5-12-24/h6-8,14-15H,2-5,9-13,21H2,1H3,(H,22,26)(H,23,25). The van der Waals surface area contributed by atoms with Crippen molar-refractivity contribution in [2.24, 2.45) is 5.73 Å². The predicted octanol–water partition coefficient (Wildman–Crippen LogP) is 2.39. The predicted molar refractivity (Wildman–Crippen MR) is 104 cm³/mol. The molecular formula is C20H30N4O2. The van der Waals surface area contributed by atoms with E-state index in [4.69, 9.17) is 5.73 Å². The molecule has 6 nitrogen and oxygen atoms in total. The van der Waals surface area contributed by atoms with E-state index >= 15 is 0 Å². The quantitative estimate of drug-likeness (QED) is 0.729. The monoisotopic (exact) mass is 358 g/mol. The molecule has 0 bridgehead atoms. The maximum atomic E-state index is 12.3. The Morgan fingerprint density at radius 2 is 1.88 bits per heavy atom. The molecule has 1 aliphatic carbocycles. The average molecular weight is 358 g/mol. The fraction of sp³-hybridized carbons (Fsp3) is 0.600. The molecule has 1 atom stereocenters. The lowest BCUT2D eigenvalue weighted by Gasteiger charge is -2.25. The topological polar surface area (TPSA) is 87.5 Å². The number of hydrogen-bond donors (Lipinski definition) is 3. The Balaban J connectivity index is 1.50. The number of carbonyl (C=O) groups excluding carboxylic acids is 2. The maximum Gasteiger partial charge on any atom is 0.240 e. The molecule has 0 radical (unpaired) electrons. The summed E-state index contributed by atoms with van der Waals surface area (Å²) in [6.45, 7) is 3.99. The van der Waals surface area contributed by atoms with Gasteiger partial charge in [-0.3, -0.25) is 9.59 Å². The SMILES string of the molecule is CC(CC(=O)Nc1cccc(N2CCCC2)c1)NC(=O)C1(N)CCCC1. The first kappa shape index (κ1) is 18.7. The smallest absolute Gasteiger partial charge is 0.240 e. The van der Waals surface area contributed by atoms with Gasteiger partial charge in [-0.05, 0) is 50.8 Å². The molecular weight excluding hydrogens is 328 g/mol. The van der Waals surface area contributed by atoms with Crippen LogP contribution in [0.2, 0.25) is 0 Å². The number of rotatable bonds is 6. The fourth-order valence-electron chi connectivity index (χ4n) is 3.90. The molecule has 26 heavy (non-hydrogen) atoms. The first-order valence-corrected chi connectivity index (χ1v) is 9.71.